The van der Waals surface area contributed by atoms with Crippen LogP contribution in [0.1, 0.15) is 12.5 Å². The van der Waals surface area contributed by atoms with E-state index in [-0.39, 0.29) is 24.2 Å². The summed E-state index contributed by atoms with van der Waals surface area (Å²) in [6, 6.07) is 11.1. The van der Waals surface area contributed by atoms with Gasteiger partial charge in [-0.2, -0.15) is 4.98 Å². The molecule has 8 nitrogen and oxygen atoms in total. The van der Waals surface area contributed by atoms with Crippen LogP contribution >= 0.6 is 23.2 Å². The Morgan fingerprint density at radius 2 is 1.93 bits per heavy atom. The second-order valence-corrected chi connectivity index (χ2v) is 7.19. The number of benzene rings is 2. The van der Waals surface area contributed by atoms with Gasteiger partial charge in [0.25, 0.3) is 5.91 Å². The molecule has 0 bridgehead atoms. The van der Waals surface area contributed by atoms with Crippen molar-refractivity contribution in [2.45, 2.75) is 12.5 Å². The summed E-state index contributed by atoms with van der Waals surface area (Å²) in [5, 5.41) is 10.8. The zero-order chi connectivity index (χ0) is 20.5. The van der Waals surface area contributed by atoms with E-state index in [0.29, 0.717) is 27.3 Å². The van der Waals surface area contributed by atoms with Crippen molar-refractivity contribution in [3.63, 3.8) is 0 Å². The monoisotopic (exact) mass is 431 g/mol. The topological polar surface area (TPSA) is 98.1 Å². The molecule has 3 aromatic rings. The SMILES string of the molecule is COc1ccc(Cl)cc1NC(=O)C[C@H]1C(=O)Nc2nc(-c3ccc(Cl)cc3)nn21. The smallest absolute Gasteiger partial charge is 0.252 e. The normalized spacial score (nSPS) is 15.0. The van der Waals surface area contributed by atoms with Gasteiger partial charge in [-0.25, -0.2) is 4.68 Å². The fourth-order valence-corrected chi connectivity index (χ4v) is 3.28. The van der Waals surface area contributed by atoms with Gasteiger partial charge in [-0.05, 0) is 42.5 Å². The molecule has 0 spiro atoms. The van der Waals surface area contributed by atoms with Crippen molar-refractivity contribution in [2.75, 3.05) is 17.7 Å². The van der Waals surface area contributed by atoms with Crippen molar-refractivity contribution in [1.82, 2.24) is 14.8 Å². The highest BCUT2D eigenvalue weighted by Gasteiger charge is 2.35. The lowest BCUT2D eigenvalue weighted by atomic mass is 10.2. The quantitative estimate of drug-likeness (QED) is 0.640. The van der Waals surface area contributed by atoms with Crippen LogP contribution < -0.4 is 15.4 Å². The van der Waals surface area contributed by atoms with Crippen LogP contribution in [0.3, 0.4) is 0 Å². The minimum Gasteiger partial charge on any atom is -0.495 e. The number of aromatic nitrogens is 3. The lowest BCUT2D eigenvalue weighted by molar-refractivity contribution is -0.123. The minimum atomic E-state index is -0.816. The number of nitrogens with zero attached hydrogens (tertiary/aromatic N) is 3. The van der Waals surface area contributed by atoms with E-state index < -0.39 is 6.04 Å². The molecular weight excluding hydrogens is 417 g/mol. The number of nitrogens with one attached hydrogen (secondary N) is 2. The van der Waals surface area contributed by atoms with Gasteiger partial charge in [0, 0.05) is 15.6 Å². The van der Waals surface area contributed by atoms with Crippen molar-refractivity contribution in [3.8, 4) is 17.1 Å². The molecule has 0 fully saturated rings. The van der Waals surface area contributed by atoms with Crippen molar-refractivity contribution >= 4 is 46.7 Å². The highest BCUT2D eigenvalue weighted by Crippen LogP contribution is 2.31. The third-order valence-electron chi connectivity index (χ3n) is 4.38. The van der Waals surface area contributed by atoms with Crippen molar-refractivity contribution in [1.29, 1.82) is 0 Å². The standard InChI is InChI=1S/C19H15Cl2N5O3/c1-29-15-7-6-12(21)8-13(15)22-16(27)9-14-18(28)24-19-23-17(25-26(14)19)10-2-4-11(20)5-3-10/h2-8,14H,9H2,1H3,(H,22,27)(H,23,24,25,28)/t14-/m0/s1. The maximum atomic E-state index is 12.6. The van der Waals surface area contributed by atoms with Crippen LogP contribution in [0.15, 0.2) is 42.5 Å². The van der Waals surface area contributed by atoms with Gasteiger partial charge in [0.15, 0.2) is 5.82 Å². The number of anilines is 2. The molecule has 1 aromatic heterocycles. The van der Waals surface area contributed by atoms with Crippen LogP contribution in [-0.2, 0) is 9.59 Å². The van der Waals surface area contributed by atoms with E-state index >= 15 is 0 Å². The Hall–Kier alpha value is -3.10. The van der Waals surface area contributed by atoms with E-state index in [4.69, 9.17) is 27.9 Å². The summed E-state index contributed by atoms with van der Waals surface area (Å²) in [7, 11) is 1.49. The van der Waals surface area contributed by atoms with Gasteiger partial charge in [0.05, 0.1) is 19.2 Å². The summed E-state index contributed by atoms with van der Waals surface area (Å²) in [4.78, 5) is 29.2. The van der Waals surface area contributed by atoms with Crippen LogP contribution in [0.2, 0.25) is 10.0 Å². The lowest BCUT2D eigenvalue weighted by Crippen LogP contribution is -2.24. The van der Waals surface area contributed by atoms with Gasteiger partial charge in [-0.3, -0.25) is 14.9 Å². The van der Waals surface area contributed by atoms with Crippen LogP contribution in [0.4, 0.5) is 11.6 Å². The summed E-state index contributed by atoms with van der Waals surface area (Å²) in [6.45, 7) is 0. The molecule has 148 valence electrons. The molecule has 2 amide bonds. The van der Waals surface area contributed by atoms with Gasteiger partial charge in [-0.1, -0.05) is 23.2 Å². The van der Waals surface area contributed by atoms with Crippen LogP contribution in [0.5, 0.6) is 5.75 Å². The van der Waals surface area contributed by atoms with Gasteiger partial charge >= 0.3 is 0 Å². The molecule has 1 atom stereocenters. The largest absolute Gasteiger partial charge is 0.495 e. The second-order valence-electron chi connectivity index (χ2n) is 6.31. The predicted octanol–water partition coefficient (Wildman–Crippen LogP) is 3.78. The minimum absolute atomic E-state index is 0.127. The number of ether oxygens (including phenoxy) is 1. The highest BCUT2D eigenvalue weighted by atomic mass is 35.5. The number of fused-ring (bicyclic) bond motifs is 1. The summed E-state index contributed by atoms with van der Waals surface area (Å²) in [5.74, 6) is 0.444. The highest BCUT2D eigenvalue weighted by molar-refractivity contribution is 6.31. The molecule has 2 N–H and O–H groups in total. The van der Waals surface area contributed by atoms with Gasteiger partial charge in [0.1, 0.15) is 11.8 Å². The average Bonchev–Trinajstić information content (AvgIpc) is 3.21. The van der Waals surface area contributed by atoms with E-state index in [9.17, 15) is 9.59 Å². The summed E-state index contributed by atoms with van der Waals surface area (Å²) in [5.41, 5.74) is 1.17. The molecule has 10 heteroatoms. The van der Waals surface area contributed by atoms with E-state index in [1.165, 1.54) is 11.8 Å². The second kappa shape index (κ2) is 7.73. The Morgan fingerprint density at radius 3 is 2.66 bits per heavy atom. The van der Waals surface area contributed by atoms with E-state index in [0.717, 1.165) is 5.56 Å². The fourth-order valence-electron chi connectivity index (χ4n) is 2.99. The number of methoxy groups -OCH3 is 1. The number of amides is 2. The maximum absolute atomic E-state index is 12.6. The number of hydrogen-bond donors (Lipinski definition) is 2. The Morgan fingerprint density at radius 1 is 1.21 bits per heavy atom. The first-order valence-electron chi connectivity index (χ1n) is 8.61. The molecule has 2 heterocycles. The Balaban J connectivity index is 1.53. The average molecular weight is 432 g/mol. The molecule has 0 aliphatic carbocycles. The van der Waals surface area contributed by atoms with E-state index in [1.807, 2.05) is 0 Å². The molecule has 0 unspecified atom stereocenters. The number of carbonyl (C=O) groups excluding carboxylic acids is 2. The molecule has 1 aliphatic heterocycles. The fraction of sp³-hybridized carbons (Fsp3) is 0.158. The molecule has 2 aromatic carbocycles. The molecule has 0 saturated heterocycles. The molecular formula is C19H15Cl2N5O3. The summed E-state index contributed by atoms with van der Waals surface area (Å²) >= 11 is 11.9. The van der Waals surface area contributed by atoms with E-state index in [2.05, 4.69) is 20.7 Å². The van der Waals surface area contributed by atoms with Crippen LogP contribution in [-0.4, -0.2) is 33.7 Å². The first-order valence-corrected chi connectivity index (χ1v) is 9.37. The molecule has 1 aliphatic rings. The number of rotatable bonds is 5. The third kappa shape index (κ3) is 3.90. The molecule has 4 rings (SSSR count). The third-order valence-corrected chi connectivity index (χ3v) is 4.87. The Kier molecular flexibility index (Phi) is 5.12. The summed E-state index contributed by atoms with van der Waals surface area (Å²) < 4.78 is 6.64. The van der Waals surface area contributed by atoms with Crippen LogP contribution in [0.25, 0.3) is 11.4 Å². The van der Waals surface area contributed by atoms with Gasteiger partial charge < -0.3 is 10.1 Å². The zero-order valence-corrected chi connectivity index (χ0v) is 16.7. The predicted molar refractivity (Wildman–Crippen MR) is 109 cm³/mol. The zero-order valence-electron chi connectivity index (χ0n) is 15.1. The molecule has 29 heavy (non-hydrogen) atoms. The van der Waals surface area contributed by atoms with Crippen molar-refractivity contribution < 1.29 is 14.3 Å². The van der Waals surface area contributed by atoms with Crippen LogP contribution in [0, 0.1) is 0 Å². The van der Waals surface area contributed by atoms with Crippen molar-refractivity contribution in [3.05, 3.63) is 52.5 Å². The first-order chi connectivity index (χ1) is 13.9. The first kappa shape index (κ1) is 19.2. The number of halogens is 2. The molecule has 0 radical (unpaired) electrons. The Labute approximate surface area is 175 Å². The van der Waals surface area contributed by atoms with E-state index in [1.54, 1.807) is 42.5 Å². The molecule has 0 saturated carbocycles. The maximum Gasteiger partial charge on any atom is 0.252 e. The number of hydrogen-bond acceptors (Lipinski definition) is 5. The van der Waals surface area contributed by atoms with Gasteiger partial charge in [0.2, 0.25) is 11.9 Å². The lowest BCUT2D eigenvalue weighted by Gasteiger charge is -2.12. The number of carbonyl (C=O) groups is 2. The summed E-state index contributed by atoms with van der Waals surface area (Å²) in [6.07, 6.45) is -0.127. The Bertz CT molecular complexity index is 1100. The van der Waals surface area contributed by atoms with Gasteiger partial charge in [-0.15, -0.1) is 5.10 Å². The van der Waals surface area contributed by atoms with Crippen molar-refractivity contribution in [2.24, 2.45) is 0 Å².